The topological polar surface area (TPSA) is 57.6 Å². The number of unbranched alkanes of at least 4 members (excludes halogenated alkanes) is 1. The van der Waals surface area contributed by atoms with Crippen LogP contribution in [0.2, 0.25) is 0 Å². The molecule has 0 unspecified atom stereocenters. The van der Waals surface area contributed by atoms with Crippen LogP contribution in [-0.4, -0.2) is 34.5 Å². The minimum Gasteiger partial charge on any atom is -0.481 e. The zero-order valence-electron chi connectivity index (χ0n) is 13.8. The van der Waals surface area contributed by atoms with Crippen LogP contribution in [0.15, 0.2) is 24.3 Å². The first-order chi connectivity index (χ1) is 10.4. The number of carboxylic acids is 1. The SMILES string of the molecule is Cc1ccc(CCCCC(=O)N(CCC(=O)O)C(C)C)cc1. The average molecular weight is 305 g/mol. The zero-order chi connectivity index (χ0) is 16.5. The van der Waals surface area contributed by atoms with Gasteiger partial charge in [-0.15, -0.1) is 0 Å². The Morgan fingerprint density at radius 3 is 2.27 bits per heavy atom. The predicted octanol–water partition coefficient (Wildman–Crippen LogP) is 3.42. The van der Waals surface area contributed by atoms with Gasteiger partial charge in [0.15, 0.2) is 0 Å². The molecule has 4 heteroatoms. The second kappa shape index (κ2) is 9.23. The molecular weight excluding hydrogens is 278 g/mol. The molecule has 0 aliphatic rings. The quantitative estimate of drug-likeness (QED) is 0.711. The van der Waals surface area contributed by atoms with E-state index >= 15 is 0 Å². The van der Waals surface area contributed by atoms with Crippen LogP contribution in [-0.2, 0) is 16.0 Å². The first-order valence-electron chi connectivity index (χ1n) is 7.97. The Bertz CT molecular complexity index is 480. The highest BCUT2D eigenvalue weighted by Gasteiger charge is 2.17. The molecule has 0 fully saturated rings. The Morgan fingerprint density at radius 1 is 1.09 bits per heavy atom. The van der Waals surface area contributed by atoms with Crippen LogP contribution >= 0.6 is 0 Å². The van der Waals surface area contributed by atoms with Gasteiger partial charge >= 0.3 is 5.97 Å². The molecule has 0 bridgehead atoms. The summed E-state index contributed by atoms with van der Waals surface area (Å²) in [5.74, 6) is -0.807. The standard InChI is InChI=1S/C18H27NO3/c1-14(2)19(13-12-18(21)22)17(20)7-5-4-6-16-10-8-15(3)9-11-16/h8-11,14H,4-7,12-13H2,1-3H3,(H,21,22). The second-order valence-corrected chi connectivity index (χ2v) is 6.02. The first-order valence-corrected chi connectivity index (χ1v) is 7.97. The van der Waals surface area contributed by atoms with Crippen molar-refractivity contribution in [2.75, 3.05) is 6.54 Å². The van der Waals surface area contributed by atoms with Gasteiger partial charge in [0.05, 0.1) is 6.42 Å². The summed E-state index contributed by atoms with van der Waals surface area (Å²) >= 11 is 0. The van der Waals surface area contributed by atoms with Gasteiger partial charge in [-0.05, 0) is 45.6 Å². The summed E-state index contributed by atoms with van der Waals surface area (Å²) in [5, 5.41) is 8.75. The average Bonchev–Trinajstić information content (AvgIpc) is 2.45. The maximum atomic E-state index is 12.2. The number of carboxylic acid groups (broad SMARTS) is 1. The van der Waals surface area contributed by atoms with Crippen molar-refractivity contribution in [2.24, 2.45) is 0 Å². The summed E-state index contributed by atoms with van der Waals surface area (Å²) < 4.78 is 0. The second-order valence-electron chi connectivity index (χ2n) is 6.02. The van der Waals surface area contributed by atoms with E-state index in [0.717, 1.165) is 19.3 Å². The van der Waals surface area contributed by atoms with Crippen molar-refractivity contribution >= 4 is 11.9 Å². The number of benzene rings is 1. The van der Waals surface area contributed by atoms with E-state index in [1.54, 1.807) is 4.90 Å². The van der Waals surface area contributed by atoms with Crippen LogP contribution in [0.5, 0.6) is 0 Å². The molecule has 1 aromatic rings. The van der Waals surface area contributed by atoms with Crippen LogP contribution in [0.25, 0.3) is 0 Å². The lowest BCUT2D eigenvalue weighted by Gasteiger charge is -2.26. The fourth-order valence-electron chi connectivity index (χ4n) is 2.39. The Morgan fingerprint density at radius 2 is 1.73 bits per heavy atom. The van der Waals surface area contributed by atoms with E-state index in [1.165, 1.54) is 11.1 Å². The lowest BCUT2D eigenvalue weighted by Crippen LogP contribution is -2.38. The third-order valence-electron chi connectivity index (χ3n) is 3.74. The fourth-order valence-corrected chi connectivity index (χ4v) is 2.39. The maximum Gasteiger partial charge on any atom is 0.305 e. The summed E-state index contributed by atoms with van der Waals surface area (Å²) in [7, 11) is 0. The lowest BCUT2D eigenvalue weighted by molar-refractivity contribution is -0.139. The van der Waals surface area contributed by atoms with Gasteiger partial charge in [-0.25, -0.2) is 0 Å². The van der Waals surface area contributed by atoms with E-state index in [4.69, 9.17) is 5.11 Å². The third-order valence-corrected chi connectivity index (χ3v) is 3.74. The van der Waals surface area contributed by atoms with Crippen LogP contribution in [0, 0.1) is 6.92 Å². The molecule has 22 heavy (non-hydrogen) atoms. The largest absolute Gasteiger partial charge is 0.481 e. The summed E-state index contributed by atoms with van der Waals surface area (Å²) in [6, 6.07) is 8.51. The normalized spacial score (nSPS) is 10.7. The molecule has 1 N–H and O–H groups in total. The van der Waals surface area contributed by atoms with Crippen LogP contribution < -0.4 is 0 Å². The van der Waals surface area contributed by atoms with Crippen molar-refractivity contribution in [1.82, 2.24) is 4.90 Å². The van der Waals surface area contributed by atoms with Gasteiger partial charge < -0.3 is 10.0 Å². The molecule has 0 aliphatic carbocycles. The molecule has 0 aromatic heterocycles. The highest BCUT2D eigenvalue weighted by Crippen LogP contribution is 2.11. The molecule has 0 heterocycles. The van der Waals surface area contributed by atoms with Crippen LogP contribution in [0.1, 0.15) is 50.7 Å². The van der Waals surface area contributed by atoms with Gasteiger partial charge in [0.25, 0.3) is 0 Å². The van der Waals surface area contributed by atoms with Crippen LogP contribution in [0.3, 0.4) is 0 Å². The number of hydrogen-bond donors (Lipinski definition) is 1. The number of carbonyl (C=O) groups is 2. The molecule has 0 atom stereocenters. The molecular formula is C18H27NO3. The highest BCUT2D eigenvalue weighted by atomic mass is 16.4. The summed E-state index contributed by atoms with van der Waals surface area (Å²) in [4.78, 5) is 24.5. The number of hydrogen-bond acceptors (Lipinski definition) is 2. The number of carbonyl (C=O) groups excluding carboxylic acids is 1. The van der Waals surface area contributed by atoms with Crippen molar-refractivity contribution in [3.63, 3.8) is 0 Å². The highest BCUT2D eigenvalue weighted by molar-refractivity contribution is 5.77. The molecule has 0 saturated heterocycles. The number of aryl methyl sites for hydroxylation is 2. The number of nitrogens with zero attached hydrogens (tertiary/aromatic N) is 1. The van der Waals surface area contributed by atoms with Gasteiger partial charge in [-0.2, -0.15) is 0 Å². The van der Waals surface area contributed by atoms with Gasteiger partial charge in [-0.3, -0.25) is 9.59 Å². The van der Waals surface area contributed by atoms with Crippen LogP contribution in [0.4, 0.5) is 0 Å². The minimum absolute atomic E-state index is 0.00723. The summed E-state index contributed by atoms with van der Waals surface area (Å²) in [6.45, 7) is 6.21. The Hall–Kier alpha value is -1.84. The number of rotatable bonds is 9. The van der Waals surface area contributed by atoms with E-state index in [-0.39, 0.29) is 18.4 Å². The third kappa shape index (κ3) is 6.74. The fraction of sp³-hybridized carbons (Fsp3) is 0.556. The van der Waals surface area contributed by atoms with Gasteiger partial charge in [-0.1, -0.05) is 29.8 Å². The molecule has 0 aliphatic heterocycles. The predicted molar refractivity (Wildman–Crippen MR) is 87.8 cm³/mol. The number of aliphatic carboxylic acids is 1. The Labute approximate surface area is 133 Å². The minimum atomic E-state index is -0.863. The molecule has 1 aromatic carbocycles. The van der Waals surface area contributed by atoms with Crippen molar-refractivity contribution in [2.45, 2.75) is 58.9 Å². The molecule has 0 spiro atoms. The van der Waals surface area contributed by atoms with E-state index in [1.807, 2.05) is 13.8 Å². The first kappa shape index (κ1) is 18.2. The molecule has 1 rings (SSSR count). The maximum absolute atomic E-state index is 12.2. The van der Waals surface area contributed by atoms with Crippen molar-refractivity contribution in [3.05, 3.63) is 35.4 Å². The Kier molecular flexibility index (Phi) is 7.64. The van der Waals surface area contributed by atoms with Crippen molar-refractivity contribution in [3.8, 4) is 0 Å². The summed E-state index contributed by atoms with van der Waals surface area (Å²) in [5.41, 5.74) is 2.55. The van der Waals surface area contributed by atoms with Gasteiger partial charge in [0, 0.05) is 19.0 Å². The van der Waals surface area contributed by atoms with E-state index in [9.17, 15) is 9.59 Å². The lowest BCUT2D eigenvalue weighted by atomic mass is 10.1. The Balaban J connectivity index is 2.33. The summed E-state index contributed by atoms with van der Waals surface area (Å²) in [6.07, 6.45) is 3.28. The molecule has 4 nitrogen and oxygen atoms in total. The smallest absolute Gasteiger partial charge is 0.305 e. The number of amides is 1. The molecule has 0 saturated carbocycles. The van der Waals surface area contributed by atoms with Gasteiger partial charge in [0.2, 0.25) is 5.91 Å². The van der Waals surface area contributed by atoms with E-state index in [2.05, 4.69) is 31.2 Å². The van der Waals surface area contributed by atoms with E-state index in [0.29, 0.717) is 13.0 Å². The molecule has 1 amide bonds. The molecule has 0 radical (unpaired) electrons. The van der Waals surface area contributed by atoms with Gasteiger partial charge in [0.1, 0.15) is 0 Å². The molecule has 122 valence electrons. The van der Waals surface area contributed by atoms with Crippen molar-refractivity contribution < 1.29 is 14.7 Å². The monoisotopic (exact) mass is 305 g/mol. The van der Waals surface area contributed by atoms with Crippen molar-refractivity contribution in [1.29, 1.82) is 0 Å². The zero-order valence-corrected chi connectivity index (χ0v) is 13.8. The van der Waals surface area contributed by atoms with E-state index < -0.39 is 5.97 Å².